The number of carboxylic acid groups (broad SMARTS) is 1. The van der Waals surface area contributed by atoms with Crippen molar-refractivity contribution in [1.82, 2.24) is 4.90 Å². The van der Waals surface area contributed by atoms with Crippen LogP contribution in [0.15, 0.2) is 53.4 Å². The molecule has 3 aromatic carbocycles. The minimum absolute atomic E-state index is 0.0199. The number of carbonyl (C=O) groups is 3. The van der Waals surface area contributed by atoms with Crippen molar-refractivity contribution in [3.63, 3.8) is 0 Å². The number of nitrogens with zero attached hydrogens (tertiary/aromatic N) is 1. The quantitative estimate of drug-likeness (QED) is 0.185. The van der Waals surface area contributed by atoms with E-state index in [2.05, 4.69) is 5.32 Å². The van der Waals surface area contributed by atoms with Crippen LogP contribution in [0.2, 0.25) is 10.0 Å². The van der Waals surface area contributed by atoms with Crippen molar-refractivity contribution in [3.8, 4) is 28.4 Å². The largest absolute Gasteiger partial charge is 0.495 e. The maximum atomic E-state index is 13.3. The van der Waals surface area contributed by atoms with Crippen LogP contribution in [-0.2, 0) is 9.59 Å². The van der Waals surface area contributed by atoms with Crippen LogP contribution in [0.3, 0.4) is 0 Å². The zero-order valence-corrected chi connectivity index (χ0v) is 25.7. The van der Waals surface area contributed by atoms with Crippen molar-refractivity contribution in [1.29, 1.82) is 0 Å². The molecule has 0 spiro atoms. The van der Waals surface area contributed by atoms with Gasteiger partial charge in [0.1, 0.15) is 10.1 Å². The van der Waals surface area contributed by atoms with Gasteiger partial charge < -0.3 is 24.6 Å². The smallest absolute Gasteiger partial charge is 0.335 e. The van der Waals surface area contributed by atoms with E-state index in [4.69, 9.17) is 54.7 Å². The average Bonchev–Trinajstić information content (AvgIpc) is 3.23. The summed E-state index contributed by atoms with van der Waals surface area (Å²) in [4.78, 5) is 38.9. The normalized spacial score (nSPS) is 13.8. The number of nitrogens with one attached hydrogen (secondary N) is 1. The first kappa shape index (κ1) is 31.2. The van der Waals surface area contributed by atoms with Gasteiger partial charge in [0.2, 0.25) is 5.91 Å². The van der Waals surface area contributed by atoms with Gasteiger partial charge in [-0.05, 0) is 60.2 Å². The summed E-state index contributed by atoms with van der Waals surface area (Å²) in [5.74, 6) is -0.796. The number of ether oxygens (including phenoxy) is 3. The van der Waals surface area contributed by atoms with E-state index in [9.17, 15) is 14.4 Å². The predicted molar refractivity (Wildman–Crippen MR) is 168 cm³/mol. The number of methoxy groups -OCH3 is 3. The van der Waals surface area contributed by atoms with Crippen molar-refractivity contribution in [3.05, 3.63) is 74.6 Å². The molecule has 0 bridgehead atoms. The van der Waals surface area contributed by atoms with Gasteiger partial charge in [0.25, 0.3) is 5.91 Å². The molecule has 0 radical (unpaired) electrons. The number of benzene rings is 3. The van der Waals surface area contributed by atoms with E-state index in [0.717, 1.165) is 11.8 Å². The Labute approximate surface area is 261 Å². The van der Waals surface area contributed by atoms with Crippen LogP contribution in [-0.4, -0.2) is 60.0 Å². The number of anilines is 1. The fourth-order valence-corrected chi connectivity index (χ4v) is 5.87. The zero-order chi connectivity index (χ0) is 30.6. The minimum Gasteiger partial charge on any atom is -0.495 e. The van der Waals surface area contributed by atoms with E-state index in [1.807, 2.05) is 6.07 Å². The van der Waals surface area contributed by atoms with E-state index in [1.54, 1.807) is 30.3 Å². The highest BCUT2D eigenvalue weighted by molar-refractivity contribution is 8.26. The number of amides is 2. The summed E-state index contributed by atoms with van der Waals surface area (Å²) in [5.41, 5.74) is 2.21. The van der Waals surface area contributed by atoms with Crippen molar-refractivity contribution in [2.75, 3.05) is 33.2 Å². The number of hydrogen-bond donors (Lipinski definition) is 2. The Morgan fingerprint density at radius 1 is 1.00 bits per heavy atom. The first-order chi connectivity index (χ1) is 20.1. The SMILES string of the molecule is COc1cc(C(=O)O)ccc1NC(=O)CCN1C(=O)/C(=C/c2cc(OC)c(OC)c(-c3cc(Cl)ccc3Cl)c2)SC1=S. The molecule has 3 aromatic rings. The van der Waals surface area contributed by atoms with Gasteiger partial charge in [0.15, 0.2) is 11.5 Å². The first-order valence-electron chi connectivity index (χ1n) is 12.2. The van der Waals surface area contributed by atoms with E-state index < -0.39 is 11.9 Å². The lowest BCUT2D eigenvalue weighted by molar-refractivity contribution is -0.122. The van der Waals surface area contributed by atoms with Crippen LogP contribution in [0.1, 0.15) is 22.3 Å². The molecule has 218 valence electrons. The second-order valence-electron chi connectivity index (χ2n) is 8.78. The van der Waals surface area contributed by atoms with Crippen LogP contribution in [0.4, 0.5) is 5.69 Å². The molecule has 4 rings (SSSR count). The Kier molecular flexibility index (Phi) is 10.00. The Morgan fingerprint density at radius 3 is 2.40 bits per heavy atom. The molecule has 42 heavy (non-hydrogen) atoms. The molecule has 0 atom stereocenters. The fraction of sp³-hybridized carbons (Fsp3) is 0.172. The van der Waals surface area contributed by atoms with Gasteiger partial charge in [-0.1, -0.05) is 47.2 Å². The highest BCUT2D eigenvalue weighted by Crippen LogP contribution is 2.44. The van der Waals surface area contributed by atoms with Gasteiger partial charge in [-0.15, -0.1) is 0 Å². The molecule has 1 aliphatic heterocycles. The second kappa shape index (κ2) is 13.5. The summed E-state index contributed by atoms with van der Waals surface area (Å²) in [6.07, 6.45) is 1.62. The molecule has 1 fully saturated rings. The third kappa shape index (κ3) is 6.81. The Hall–Kier alpha value is -3.77. The summed E-state index contributed by atoms with van der Waals surface area (Å²) in [6, 6.07) is 12.7. The average molecular weight is 648 g/mol. The third-order valence-electron chi connectivity index (χ3n) is 6.18. The highest BCUT2D eigenvalue weighted by atomic mass is 35.5. The van der Waals surface area contributed by atoms with Crippen LogP contribution < -0.4 is 19.5 Å². The van der Waals surface area contributed by atoms with Gasteiger partial charge >= 0.3 is 5.97 Å². The highest BCUT2D eigenvalue weighted by Gasteiger charge is 2.32. The lowest BCUT2D eigenvalue weighted by atomic mass is 10.0. The number of carbonyl (C=O) groups excluding carboxylic acids is 2. The Bertz CT molecular complexity index is 1630. The number of thioether (sulfide) groups is 1. The van der Waals surface area contributed by atoms with Crippen LogP contribution in [0, 0.1) is 0 Å². The molecule has 0 aromatic heterocycles. The van der Waals surface area contributed by atoms with Gasteiger partial charge in [-0.2, -0.15) is 0 Å². The van der Waals surface area contributed by atoms with Gasteiger partial charge in [-0.3, -0.25) is 14.5 Å². The first-order valence-corrected chi connectivity index (χ1v) is 14.2. The van der Waals surface area contributed by atoms with E-state index in [-0.39, 0.29) is 30.2 Å². The molecule has 2 amide bonds. The molecule has 1 saturated heterocycles. The molecule has 2 N–H and O–H groups in total. The molecular formula is C29H24Cl2N2O7S2. The topological polar surface area (TPSA) is 114 Å². The fourth-order valence-electron chi connectivity index (χ4n) is 4.17. The molecule has 0 unspecified atom stereocenters. The summed E-state index contributed by atoms with van der Waals surface area (Å²) in [6.45, 7) is 0.0403. The molecule has 13 heteroatoms. The van der Waals surface area contributed by atoms with Crippen LogP contribution >= 0.6 is 47.2 Å². The monoisotopic (exact) mass is 646 g/mol. The number of carboxylic acids is 1. The number of halogens is 2. The van der Waals surface area contributed by atoms with E-state index in [0.29, 0.717) is 53.1 Å². The number of thiocarbonyl (C=S) groups is 1. The van der Waals surface area contributed by atoms with Crippen molar-refractivity contribution in [2.45, 2.75) is 6.42 Å². The van der Waals surface area contributed by atoms with E-state index in [1.165, 1.54) is 44.4 Å². The van der Waals surface area contributed by atoms with E-state index >= 15 is 0 Å². The molecule has 0 saturated carbocycles. The summed E-state index contributed by atoms with van der Waals surface area (Å²) >= 11 is 19.3. The minimum atomic E-state index is -1.12. The molecular weight excluding hydrogens is 623 g/mol. The summed E-state index contributed by atoms with van der Waals surface area (Å²) < 4.78 is 16.7. The Morgan fingerprint density at radius 2 is 1.74 bits per heavy atom. The maximum Gasteiger partial charge on any atom is 0.335 e. The second-order valence-corrected chi connectivity index (χ2v) is 11.3. The molecule has 1 heterocycles. The predicted octanol–water partition coefficient (Wildman–Crippen LogP) is 6.61. The lowest BCUT2D eigenvalue weighted by Gasteiger charge is -2.16. The third-order valence-corrected chi connectivity index (χ3v) is 8.12. The van der Waals surface area contributed by atoms with Crippen molar-refractivity contribution in [2.24, 2.45) is 0 Å². The Balaban J connectivity index is 1.53. The molecule has 9 nitrogen and oxygen atoms in total. The van der Waals surface area contributed by atoms with Gasteiger partial charge in [0.05, 0.1) is 37.5 Å². The van der Waals surface area contributed by atoms with Crippen molar-refractivity contribution >= 4 is 81.0 Å². The van der Waals surface area contributed by atoms with Crippen LogP contribution in [0.5, 0.6) is 17.2 Å². The lowest BCUT2D eigenvalue weighted by Crippen LogP contribution is -2.31. The van der Waals surface area contributed by atoms with Crippen molar-refractivity contribution < 1.29 is 33.7 Å². The molecule has 1 aliphatic rings. The van der Waals surface area contributed by atoms with Crippen LogP contribution in [0.25, 0.3) is 17.2 Å². The number of aromatic carboxylic acids is 1. The maximum absolute atomic E-state index is 13.3. The standard InChI is InChI=1S/C29H24Cl2N2O7S2/c1-38-22-13-16(28(36)37)4-7-21(22)32-25(34)8-9-33-27(35)24(42-29(33)41)12-15-10-19(26(40-3)23(11-15)39-2)18-14-17(30)5-6-20(18)31/h4-7,10-14H,8-9H2,1-3H3,(H,32,34)(H,36,37)/b24-12-. The summed E-state index contributed by atoms with van der Waals surface area (Å²) in [7, 11) is 4.39. The number of rotatable bonds is 10. The zero-order valence-electron chi connectivity index (χ0n) is 22.5. The molecule has 0 aliphatic carbocycles. The number of hydrogen-bond acceptors (Lipinski definition) is 8. The summed E-state index contributed by atoms with van der Waals surface area (Å²) in [5, 5.41) is 12.8. The van der Waals surface area contributed by atoms with Gasteiger partial charge in [0, 0.05) is 34.1 Å². The van der Waals surface area contributed by atoms with Gasteiger partial charge in [-0.25, -0.2) is 4.79 Å².